The van der Waals surface area contributed by atoms with Crippen LogP contribution in [0.4, 0.5) is 0 Å². The van der Waals surface area contributed by atoms with Crippen LogP contribution < -0.4 is 10.1 Å². The summed E-state index contributed by atoms with van der Waals surface area (Å²) in [6.45, 7) is 7.50. The number of nitrogens with zero attached hydrogens (tertiary/aromatic N) is 1. The predicted molar refractivity (Wildman–Crippen MR) is 89.8 cm³/mol. The Morgan fingerprint density at radius 2 is 1.91 bits per heavy atom. The normalized spacial score (nSPS) is 19.3. The summed E-state index contributed by atoms with van der Waals surface area (Å²) in [5.41, 5.74) is 2.40. The molecule has 0 saturated carbocycles. The second-order valence-electron chi connectivity index (χ2n) is 6.27. The van der Waals surface area contributed by atoms with Gasteiger partial charge in [-0.1, -0.05) is 12.1 Å². The lowest BCUT2D eigenvalue weighted by molar-refractivity contribution is -0.138. The number of halogens is 1. The zero-order valence-corrected chi connectivity index (χ0v) is 14.1. The Labute approximate surface area is 138 Å². The van der Waals surface area contributed by atoms with E-state index in [9.17, 15) is 4.79 Å². The van der Waals surface area contributed by atoms with Gasteiger partial charge in [0.15, 0.2) is 0 Å². The second-order valence-corrected chi connectivity index (χ2v) is 6.27. The Balaban J connectivity index is 0.00000176. The number of nitrogens with one attached hydrogen (secondary N) is 1. The molecule has 4 nitrogen and oxygen atoms in total. The van der Waals surface area contributed by atoms with E-state index in [4.69, 9.17) is 4.74 Å². The van der Waals surface area contributed by atoms with Crippen molar-refractivity contribution >= 4 is 18.3 Å². The first-order chi connectivity index (χ1) is 10.1. The summed E-state index contributed by atoms with van der Waals surface area (Å²) in [4.78, 5) is 14.2. The third-order valence-corrected chi connectivity index (χ3v) is 4.52. The van der Waals surface area contributed by atoms with Crippen molar-refractivity contribution in [3.8, 4) is 5.75 Å². The largest absolute Gasteiger partial charge is 0.490 e. The highest BCUT2D eigenvalue weighted by Gasteiger charge is 2.32. The number of piperidine rings is 1. The van der Waals surface area contributed by atoms with Gasteiger partial charge in [0.2, 0.25) is 5.91 Å². The van der Waals surface area contributed by atoms with Gasteiger partial charge < -0.3 is 15.0 Å². The lowest BCUT2D eigenvalue weighted by Crippen LogP contribution is -2.54. The van der Waals surface area contributed by atoms with Crippen molar-refractivity contribution in [3.05, 3.63) is 29.3 Å². The third-order valence-electron chi connectivity index (χ3n) is 4.52. The summed E-state index contributed by atoms with van der Waals surface area (Å²) >= 11 is 0. The lowest BCUT2D eigenvalue weighted by Gasteiger charge is -2.37. The Kier molecular flexibility index (Phi) is 5.70. The van der Waals surface area contributed by atoms with Crippen molar-refractivity contribution in [3.63, 3.8) is 0 Å². The Bertz CT molecular complexity index is 523. The minimum Gasteiger partial charge on any atom is -0.490 e. The number of hydrogen-bond donors (Lipinski definition) is 1. The summed E-state index contributed by atoms with van der Waals surface area (Å²) in [5.74, 6) is 1.52. The number of benzene rings is 1. The molecule has 22 heavy (non-hydrogen) atoms. The zero-order valence-electron chi connectivity index (χ0n) is 13.3. The number of likely N-dealkylation sites (tertiary alicyclic amines) is 1. The van der Waals surface area contributed by atoms with Crippen LogP contribution in [0.5, 0.6) is 5.75 Å². The average molecular weight is 325 g/mol. The summed E-state index contributed by atoms with van der Waals surface area (Å²) in [6.07, 6.45) is 2.09. The van der Waals surface area contributed by atoms with Crippen LogP contribution in [0.25, 0.3) is 0 Å². The molecule has 2 saturated heterocycles. The molecule has 1 aromatic rings. The van der Waals surface area contributed by atoms with Crippen molar-refractivity contribution in [2.75, 3.05) is 26.2 Å². The number of aryl methyl sites for hydroxylation is 2. The van der Waals surface area contributed by atoms with E-state index in [0.717, 1.165) is 44.8 Å². The summed E-state index contributed by atoms with van der Waals surface area (Å²) in [7, 11) is 0. The minimum atomic E-state index is 0. The SMILES string of the molecule is Cc1ccc(C)c(OC2CCN(C(=O)C3CNC3)CC2)c1.Cl. The summed E-state index contributed by atoms with van der Waals surface area (Å²) < 4.78 is 6.15. The van der Waals surface area contributed by atoms with Gasteiger partial charge in [-0.05, 0) is 31.0 Å². The Morgan fingerprint density at radius 1 is 1.23 bits per heavy atom. The van der Waals surface area contributed by atoms with E-state index in [1.807, 2.05) is 4.90 Å². The van der Waals surface area contributed by atoms with E-state index in [0.29, 0.717) is 5.91 Å². The van der Waals surface area contributed by atoms with Gasteiger partial charge in [-0.3, -0.25) is 4.79 Å². The standard InChI is InChI=1S/C17H24N2O2.ClH/c1-12-3-4-13(2)16(9-12)21-15-5-7-19(8-6-15)17(20)14-10-18-11-14;/h3-4,9,14-15,18H,5-8,10-11H2,1-2H3;1H. The van der Waals surface area contributed by atoms with Crippen molar-refractivity contribution in [2.24, 2.45) is 5.92 Å². The number of hydrogen-bond acceptors (Lipinski definition) is 3. The minimum absolute atomic E-state index is 0. The highest BCUT2D eigenvalue weighted by molar-refractivity contribution is 5.85. The quantitative estimate of drug-likeness (QED) is 0.927. The predicted octanol–water partition coefficient (Wildman–Crippen LogP) is 2.31. The molecule has 2 aliphatic rings. The fraction of sp³-hybridized carbons (Fsp3) is 0.588. The highest BCUT2D eigenvalue weighted by atomic mass is 35.5. The van der Waals surface area contributed by atoms with Crippen LogP contribution in [0.15, 0.2) is 18.2 Å². The molecule has 0 aromatic heterocycles. The molecule has 0 aliphatic carbocycles. The Hall–Kier alpha value is -1.26. The number of carbonyl (C=O) groups is 1. The molecule has 2 fully saturated rings. The first-order valence-corrected chi connectivity index (χ1v) is 7.87. The second kappa shape index (κ2) is 7.34. The molecule has 122 valence electrons. The van der Waals surface area contributed by atoms with Crippen LogP contribution in [0.2, 0.25) is 0 Å². The van der Waals surface area contributed by atoms with E-state index < -0.39 is 0 Å². The smallest absolute Gasteiger partial charge is 0.228 e. The topological polar surface area (TPSA) is 41.6 Å². The molecule has 0 bridgehead atoms. The van der Waals surface area contributed by atoms with Crippen molar-refractivity contribution in [1.82, 2.24) is 10.2 Å². The third kappa shape index (κ3) is 3.73. The molecule has 1 N–H and O–H groups in total. The molecule has 3 rings (SSSR count). The van der Waals surface area contributed by atoms with Crippen molar-refractivity contribution in [1.29, 1.82) is 0 Å². The van der Waals surface area contributed by atoms with Gasteiger partial charge >= 0.3 is 0 Å². The first kappa shape index (κ1) is 17.1. The number of amides is 1. The van der Waals surface area contributed by atoms with Gasteiger partial charge in [0.25, 0.3) is 0 Å². The van der Waals surface area contributed by atoms with Crippen LogP contribution in [0, 0.1) is 19.8 Å². The number of rotatable bonds is 3. The van der Waals surface area contributed by atoms with E-state index in [1.165, 1.54) is 11.1 Å². The fourth-order valence-corrected chi connectivity index (χ4v) is 2.93. The maximum Gasteiger partial charge on any atom is 0.228 e. The van der Waals surface area contributed by atoms with Gasteiger partial charge in [-0.25, -0.2) is 0 Å². The summed E-state index contributed by atoms with van der Waals surface area (Å²) in [5, 5.41) is 3.16. The molecule has 1 amide bonds. The van der Waals surface area contributed by atoms with E-state index in [1.54, 1.807) is 0 Å². The monoisotopic (exact) mass is 324 g/mol. The van der Waals surface area contributed by atoms with Crippen LogP contribution in [0.3, 0.4) is 0 Å². The Morgan fingerprint density at radius 3 is 2.50 bits per heavy atom. The lowest BCUT2D eigenvalue weighted by atomic mass is 9.99. The first-order valence-electron chi connectivity index (χ1n) is 7.87. The highest BCUT2D eigenvalue weighted by Crippen LogP contribution is 2.24. The molecular formula is C17H25ClN2O2. The van der Waals surface area contributed by atoms with Crippen molar-refractivity contribution in [2.45, 2.75) is 32.8 Å². The van der Waals surface area contributed by atoms with Crippen LogP contribution in [-0.4, -0.2) is 43.1 Å². The molecule has 5 heteroatoms. The van der Waals surface area contributed by atoms with Crippen LogP contribution >= 0.6 is 12.4 Å². The van der Waals surface area contributed by atoms with E-state index >= 15 is 0 Å². The zero-order chi connectivity index (χ0) is 14.8. The fourth-order valence-electron chi connectivity index (χ4n) is 2.93. The maximum absolute atomic E-state index is 12.2. The average Bonchev–Trinajstić information content (AvgIpc) is 2.42. The maximum atomic E-state index is 12.2. The number of carbonyl (C=O) groups excluding carboxylic acids is 1. The van der Waals surface area contributed by atoms with Gasteiger partial charge in [0.1, 0.15) is 11.9 Å². The molecule has 0 atom stereocenters. The molecular weight excluding hydrogens is 300 g/mol. The summed E-state index contributed by atoms with van der Waals surface area (Å²) in [6, 6.07) is 6.32. The van der Waals surface area contributed by atoms with Crippen molar-refractivity contribution < 1.29 is 9.53 Å². The molecule has 2 aliphatic heterocycles. The molecule has 0 unspecified atom stereocenters. The van der Waals surface area contributed by atoms with E-state index in [2.05, 4.69) is 37.4 Å². The van der Waals surface area contributed by atoms with Crippen LogP contribution in [0.1, 0.15) is 24.0 Å². The van der Waals surface area contributed by atoms with Gasteiger partial charge in [-0.2, -0.15) is 0 Å². The van der Waals surface area contributed by atoms with Gasteiger partial charge in [0, 0.05) is 39.0 Å². The molecule has 2 heterocycles. The number of ether oxygens (including phenoxy) is 1. The molecule has 0 spiro atoms. The van der Waals surface area contributed by atoms with Gasteiger partial charge in [0.05, 0.1) is 5.92 Å². The molecule has 1 aromatic carbocycles. The van der Waals surface area contributed by atoms with Gasteiger partial charge in [-0.15, -0.1) is 12.4 Å². The molecule has 0 radical (unpaired) electrons. The van der Waals surface area contributed by atoms with Crippen LogP contribution in [-0.2, 0) is 4.79 Å². The van der Waals surface area contributed by atoms with E-state index in [-0.39, 0.29) is 24.4 Å².